The van der Waals surface area contributed by atoms with E-state index >= 15 is 0 Å². The Kier molecular flexibility index (Phi) is 3.95. The van der Waals surface area contributed by atoms with Crippen LogP contribution in [0.25, 0.3) is 10.2 Å². The minimum absolute atomic E-state index is 0.0656. The van der Waals surface area contributed by atoms with Gasteiger partial charge in [-0.25, -0.2) is 4.98 Å². The molecule has 1 aliphatic heterocycles. The van der Waals surface area contributed by atoms with Crippen molar-refractivity contribution in [1.82, 2.24) is 14.9 Å². The molecular formula is C17H17N3O3S. The van der Waals surface area contributed by atoms with E-state index in [1.165, 1.54) is 11.3 Å². The summed E-state index contributed by atoms with van der Waals surface area (Å²) in [7, 11) is 0. The molecule has 0 aliphatic carbocycles. The van der Waals surface area contributed by atoms with Crippen molar-refractivity contribution in [1.29, 1.82) is 0 Å². The second-order valence-electron chi connectivity index (χ2n) is 5.64. The van der Waals surface area contributed by atoms with Crippen LogP contribution >= 0.6 is 11.3 Å². The van der Waals surface area contributed by atoms with Gasteiger partial charge in [-0.2, -0.15) is 0 Å². The van der Waals surface area contributed by atoms with E-state index in [4.69, 9.17) is 9.47 Å². The molecule has 0 saturated heterocycles. The summed E-state index contributed by atoms with van der Waals surface area (Å²) in [6, 6.07) is 7.85. The minimum Gasteiger partial charge on any atom is -0.454 e. The van der Waals surface area contributed by atoms with E-state index in [-0.39, 0.29) is 12.4 Å². The van der Waals surface area contributed by atoms with Crippen LogP contribution in [0.5, 0.6) is 11.5 Å². The molecule has 0 bridgehead atoms. The summed E-state index contributed by atoms with van der Waals surface area (Å²) in [6.45, 7) is 4.56. The molecule has 6 nitrogen and oxygen atoms in total. The van der Waals surface area contributed by atoms with Crippen molar-refractivity contribution in [3.05, 3.63) is 51.4 Å². The lowest BCUT2D eigenvalue weighted by Crippen LogP contribution is -2.25. The summed E-state index contributed by atoms with van der Waals surface area (Å²) in [5.41, 5.74) is 1.84. The third-order valence-electron chi connectivity index (χ3n) is 4.03. The van der Waals surface area contributed by atoms with Crippen molar-refractivity contribution >= 4 is 21.6 Å². The standard InChI is InChI=1S/C17H17N3O3S/c1-2-20(8-11-3-4-13-14(7-11)23-10-22-13)9-15-18-12-5-6-24-16(12)17(21)19-15/h3-7H,2,8-10H2,1H3,(H,18,19,21). The molecule has 0 radical (unpaired) electrons. The Hall–Kier alpha value is -2.38. The monoisotopic (exact) mass is 343 g/mol. The van der Waals surface area contributed by atoms with Crippen LogP contribution in [0.3, 0.4) is 0 Å². The van der Waals surface area contributed by atoms with E-state index in [9.17, 15) is 4.79 Å². The van der Waals surface area contributed by atoms with E-state index in [1.807, 2.05) is 29.6 Å². The molecule has 3 aromatic rings. The van der Waals surface area contributed by atoms with Gasteiger partial charge in [0.15, 0.2) is 11.5 Å². The number of nitrogens with zero attached hydrogens (tertiary/aromatic N) is 2. The molecule has 0 atom stereocenters. The number of fused-ring (bicyclic) bond motifs is 2. The number of hydrogen-bond acceptors (Lipinski definition) is 6. The number of ether oxygens (including phenoxy) is 2. The Labute approximate surface area is 142 Å². The number of aromatic nitrogens is 2. The smallest absolute Gasteiger partial charge is 0.268 e. The van der Waals surface area contributed by atoms with E-state index in [0.717, 1.165) is 35.7 Å². The lowest BCUT2D eigenvalue weighted by molar-refractivity contribution is 0.174. The van der Waals surface area contributed by atoms with Gasteiger partial charge < -0.3 is 14.5 Å². The van der Waals surface area contributed by atoms with Gasteiger partial charge in [0.05, 0.1) is 12.1 Å². The van der Waals surface area contributed by atoms with Gasteiger partial charge in [-0.15, -0.1) is 11.3 Å². The SMILES string of the molecule is CCN(Cc1ccc2c(c1)OCO2)Cc1nc2ccsc2c(=O)[nH]1. The Morgan fingerprint density at radius 2 is 2.12 bits per heavy atom. The fraction of sp³-hybridized carbons (Fsp3) is 0.294. The molecule has 7 heteroatoms. The quantitative estimate of drug-likeness (QED) is 0.771. The highest BCUT2D eigenvalue weighted by atomic mass is 32.1. The normalized spacial score (nSPS) is 13.1. The van der Waals surface area contributed by atoms with Crippen LogP contribution in [0.2, 0.25) is 0 Å². The Bertz CT molecular complexity index is 934. The third-order valence-corrected chi connectivity index (χ3v) is 4.93. The van der Waals surface area contributed by atoms with Crippen LogP contribution in [-0.2, 0) is 13.1 Å². The number of hydrogen-bond donors (Lipinski definition) is 1. The van der Waals surface area contributed by atoms with Crippen molar-refractivity contribution in [3.8, 4) is 11.5 Å². The fourth-order valence-electron chi connectivity index (χ4n) is 2.79. The highest BCUT2D eigenvalue weighted by Crippen LogP contribution is 2.32. The molecule has 0 spiro atoms. The van der Waals surface area contributed by atoms with Crippen molar-refractivity contribution in [3.63, 3.8) is 0 Å². The van der Waals surface area contributed by atoms with Crippen LogP contribution in [0.4, 0.5) is 0 Å². The topological polar surface area (TPSA) is 67.5 Å². The first-order chi connectivity index (χ1) is 11.7. The van der Waals surface area contributed by atoms with E-state index in [2.05, 4.69) is 21.8 Å². The second kappa shape index (κ2) is 6.26. The summed E-state index contributed by atoms with van der Waals surface area (Å²) in [4.78, 5) is 21.7. The number of aromatic amines is 1. The molecule has 4 rings (SSSR count). The maximum Gasteiger partial charge on any atom is 0.268 e. The molecule has 24 heavy (non-hydrogen) atoms. The molecule has 0 fully saturated rings. The zero-order valence-corrected chi connectivity index (χ0v) is 14.1. The lowest BCUT2D eigenvalue weighted by Gasteiger charge is -2.20. The predicted molar refractivity (Wildman–Crippen MR) is 92.6 cm³/mol. The van der Waals surface area contributed by atoms with Crippen LogP contribution < -0.4 is 15.0 Å². The Morgan fingerprint density at radius 3 is 3.00 bits per heavy atom. The third kappa shape index (κ3) is 2.88. The first kappa shape index (κ1) is 15.2. The highest BCUT2D eigenvalue weighted by Gasteiger charge is 2.15. The molecule has 1 N–H and O–H groups in total. The molecule has 0 amide bonds. The zero-order valence-electron chi connectivity index (χ0n) is 13.2. The number of H-pyrrole nitrogens is 1. The van der Waals surface area contributed by atoms with Gasteiger partial charge >= 0.3 is 0 Å². The molecule has 1 aromatic carbocycles. The van der Waals surface area contributed by atoms with Crippen molar-refractivity contribution in [2.24, 2.45) is 0 Å². The van der Waals surface area contributed by atoms with Gasteiger partial charge in [0.2, 0.25) is 6.79 Å². The van der Waals surface area contributed by atoms with Gasteiger partial charge in [0.1, 0.15) is 10.5 Å². The molecule has 124 valence electrons. The van der Waals surface area contributed by atoms with Crippen LogP contribution in [-0.4, -0.2) is 28.2 Å². The summed E-state index contributed by atoms with van der Waals surface area (Å²) >= 11 is 1.42. The summed E-state index contributed by atoms with van der Waals surface area (Å²) in [5, 5.41) is 1.89. The van der Waals surface area contributed by atoms with Crippen LogP contribution in [0.1, 0.15) is 18.3 Å². The molecule has 0 saturated carbocycles. The lowest BCUT2D eigenvalue weighted by atomic mass is 10.2. The molecule has 1 aliphatic rings. The van der Waals surface area contributed by atoms with E-state index in [0.29, 0.717) is 17.1 Å². The summed E-state index contributed by atoms with van der Waals surface area (Å²) in [5.74, 6) is 2.26. The number of rotatable bonds is 5. The van der Waals surface area contributed by atoms with Gasteiger partial charge in [-0.3, -0.25) is 9.69 Å². The zero-order chi connectivity index (χ0) is 16.5. The molecular weight excluding hydrogens is 326 g/mol. The van der Waals surface area contributed by atoms with Gasteiger partial charge in [-0.1, -0.05) is 13.0 Å². The maximum atomic E-state index is 12.1. The van der Waals surface area contributed by atoms with Crippen molar-refractivity contribution < 1.29 is 9.47 Å². The number of benzene rings is 1. The maximum absolute atomic E-state index is 12.1. The first-order valence-corrected chi connectivity index (χ1v) is 8.68. The summed E-state index contributed by atoms with van der Waals surface area (Å²) in [6.07, 6.45) is 0. The largest absolute Gasteiger partial charge is 0.454 e. The molecule has 3 heterocycles. The van der Waals surface area contributed by atoms with Crippen LogP contribution in [0, 0.1) is 0 Å². The fourth-order valence-corrected chi connectivity index (χ4v) is 3.51. The van der Waals surface area contributed by atoms with Crippen LogP contribution in [0.15, 0.2) is 34.4 Å². The molecule has 2 aromatic heterocycles. The number of thiophene rings is 1. The Balaban J connectivity index is 1.53. The predicted octanol–water partition coefficient (Wildman–Crippen LogP) is 2.74. The summed E-state index contributed by atoms with van der Waals surface area (Å²) < 4.78 is 11.4. The molecule has 0 unspecified atom stereocenters. The van der Waals surface area contributed by atoms with Crippen molar-refractivity contribution in [2.45, 2.75) is 20.0 Å². The highest BCUT2D eigenvalue weighted by molar-refractivity contribution is 7.17. The van der Waals surface area contributed by atoms with E-state index < -0.39 is 0 Å². The van der Waals surface area contributed by atoms with Gasteiger partial charge in [-0.05, 0) is 35.7 Å². The van der Waals surface area contributed by atoms with E-state index in [1.54, 1.807) is 0 Å². The second-order valence-corrected chi connectivity index (χ2v) is 6.55. The van der Waals surface area contributed by atoms with Gasteiger partial charge in [0, 0.05) is 6.54 Å². The minimum atomic E-state index is -0.0656. The average Bonchev–Trinajstić information content (AvgIpc) is 3.22. The first-order valence-electron chi connectivity index (χ1n) is 7.80. The number of nitrogens with one attached hydrogen (secondary N) is 1. The van der Waals surface area contributed by atoms with Gasteiger partial charge in [0.25, 0.3) is 5.56 Å². The Morgan fingerprint density at radius 1 is 1.25 bits per heavy atom. The van der Waals surface area contributed by atoms with Crippen molar-refractivity contribution in [2.75, 3.05) is 13.3 Å². The average molecular weight is 343 g/mol.